The quantitative estimate of drug-likeness (QED) is 0.443. The predicted molar refractivity (Wildman–Crippen MR) is 107 cm³/mol. The summed E-state index contributed by atoms with van der Waals surface area (Å²) >= 11 is 3.58. The van der Waals surface area contributed by atoms with Crippen molar-refractivity contribution in [2.45, 2.75) is 45.3 Å². The van der Waals surface area contributed by atoms with Crippen LogP contribution in [0.2, 0.25) is 0 Å². The molecule has 3 aromatic rings. The second-order valence-electron chi connectivity index (χ2n) is 7.06. The first-order chi connectivity index (χ1) is 12.4. The maximum atomic E-state index is 11.5. The number of aromatic nitrogens is 2. The summed E-state index contributed by atoms with van der Waals surface area (Å²) in [5.74, 6) is 0. The van der Waals surface area contributed by atoms with Gasteiger partial charge in [0.2, 0.25) is 0 Å². The number of benzene rings is 1. The molecule has 0 atom stereocenters. The number of unbranched alkanes of at least 4 members (excludes halogenated alkanes) is 1. The molecule has 0 saturated carbocycles. The molecule has 2 heterocycles. The van der Waals surface area contributed by atoms with Gasteiger partial charge in [-0.15, -0.1) is 0 Å². The van der Waals surface area contributed by atoms with Gasteiger partial charge in [0.05, 0.1) is 11.4 Å². The summed E-state index contributed by atoms with van der Waals surface area (Å²) in [5.41, 5.74) is 2.27. The van der Waals surface area contributed by atoms with Gasteiger partial charge in [0.1, 0.15) is 11.2 Å². The van der Waals surface area contributed by atoms with Crippen LogP contribution in [0.15, 0.2) is 46.9 Å². The molecule has 0 amide bonds. The Balaban J connectivity index is 1.77. The topological polar surface area (TPSA) is 55.1 Å². The van der Waals surface area contributed by atoms with Gasteiger partial charge in [0.15, 0.2) is 6.29 Å². The fraction of sp³-hybridized carbons (Fsp3) is 0.333. The van der Waals surface area contributed by atoms with Crippen molar-refractivity contribution in [2.75, 3.05) is 0 Å². The van der Waals surface area contributed by atoms with Crippen LogP contribution in [0.1, 0.15) is 48.4 Å². The van der Waals surface area contributed by atoms with E-state index < -0.39 is 5.60 Å². The largest absolute Gasteiger partial charge is 0.384 e. The molecule has 0 spiro atoms. The summed E-state index contributed by atoms with van der Waals surface area (Å²) in [6.07, 6.45) is 3.82. The van der Waals surface area contributed by atoms with Crippen LogP contribution in [-0.4, -0.2) is 20.9 Å². The van der Waals surface area contributed by atoms with E-state index in [9.17, 15) is 9.90 Å². The molecule has 2 aromatic heterocycles. The second-order valence-corrected chi connectivity index (χ2v) is 7.91. The van der Waals surface area contributed by atoms with E-state index in [0.29, 0.717) is 11.4 Å². The van der Waals surface area contributed by atoms with Gasteiger partial charge in [-0.25, -0.2) is 4.98 Å². The maximum absolute atomic E-state index is 11.5. The van der Waals surface area contributed by atoms with Crippen molar-refractivity contribution in [2.24, 2.45) is 0 Å². The average Bonchev–Trinajstić information content (AvgIpc) is 2.96. The lowest BCUT2D eigenvalue weighted by Crippen LogP contribution is -2.17. The van der Waals surface area contributed by atoms with Gasteiger partial charge in [0, 0.05) is 16.4 Å². The molecule has 5 heteroatoms. The molecule has 26 heavy (non-hydrogen) atoms. The Kier molecular flexibility index (Phi) is 5.58. The van der Waals surface area contributed by atoms with Crippen LogP contribution >= 0.6 is 15.9 Å². The molecule has 0 aliphatic heterocycles. The van der Waals surface area contributed by atoms with Crippen molar-refractivity contribution in [1.82, 2.24) is 9.55 Å². The Morgan fingerprint density at radius 3 is 2.65 bits per heavy atom. The standard InChI is InChI=1S/C21H23BrN2O2/c1-21(2,26)19-11-10-16-13-17(14-25)24(20(16)23-19)12-6-5-8-15-7-3-4-9-18(15)22/h3-4,7,9-11,13-14,26H,5-6,8,12H2,1-2H3. The van der Waals surface area contributed by atoms with Crippen molar-refractivity contribution in [1.29, 1.82) is 0 Å². The highest BCUT2D eigenvalue weighted by molar-refractivity contribution is 9.10. The first-order valence-electron chi connectivity index (χ1n) is 8.82. The van der Waals surface area contributed by atoms with E-state index >= 15 is 0 Å². The van der Waals surface area contributed by atoms with Crippen LogP contribution in [0.5, 0.6) is 0 Å². The molecule has 0 saturated heterocycles. The second kappa shape index (κ2) is 7.72. The van der Waals surface area contributed by atoms with Crippen LogP contribution in [0.4, 0.5) is 0 Å². The number of carbonyl (C=O) groups is 1. The number of fused-ring (bicyclic) bond motifs is 1. The molecule has 0 bridgehead atoms. The zero-order chi connectivity index (χ0) is 18.7. The SMILES string of the molecule is CC(C)(O)c1ccc2cc(C=O)n(CCCCc3ccccc3Br)c2n1. The summed E-state index contributed by atoms with van der Waals surface area (Å²) in [7, 11) is 0. The number of hydrogen-bond acceptors (Lipinski definition) is 3. The first-order valence-corrected chi connectivity index (χ1v) is 9.61. The Morgan fingerprint density at radius 1 is 1.19 bits per heavy atom. The number of carbonyl (C=O) groups excluding carboxylic acids is 1. The Bertz CT molecular complexity index is 925. The monoisotopic (exact) mass is 414 g/mol. The van der Waals surface area contributed by atoms with Gasteiger partial charge in [0.25, 0.3) is 0 Å². The number of aldehydes is 1. The maximum Gasteiger partial charge on any atom is 0.166 e. The highest BCUT2D eigenvalue weighted by atomic mass is 79.9. The average molecular weight is 415 g/mol. The van der Waals surface area contributed by atoms with Crippen LogP contribution in [-0.2, 0) is 18.6 Å². The Hall–Kier alpha value is -1.98. The third-order valence-electron chi connectivity index (χ3n) is 4.56. The summed E-state index contributed by atoms with van der Waals surface area (Å²) in [6.45, 7) is 4.16. The molecule has 1 aromatic carbocycles. The van der Waals surface area contributed by atoms with Crippen molar-refractivity contribution >= 4 is 33.2 Å². The van der Waals surface area contributed by atoms with E-state index in [2.05, 4.69) is 33.0 Å². The van der Waals surface area contributed by atoms with Crippen molar-refractivity contribution < 1.29 is 9.90 Å². The van der Waals surface area contributed by atoms with E-state index in [1.807, 2.05) is 34.9 Å². The minimum absolute atomic E-state index is 0.606. The van der Waals surface area contributed by atoms with E-state index in [-0.39, 0.29) is 0 Å². The van der Waals surface area contributed by atoms with Gasteiger partial charge >= 0.3 is 0 Å². The molecule has 0 unspecified atom stereocenters. The zero-order valence-electron chi connectivity index (χ0n) is 15.1. The molecular formula is C21H23BrN2O2. The third kappa shape index (κ3) is 4.05. The lowest BCUT2D eigenvalue weighted by molar-refractivity contribution is 0.0741. The van der Waals surface area contributed by atoms with Crippen LogP contribution in [0.25, 0.3) is 11.0 Å². The number of pyridine rings is 1. The van der Waals surface area contributed by atoms with Gasteiger partial charge in [-0.1, -0.05) is 34.1 Å². The molecule has 0 radical (unpaired) electrons. The first kappa shape index (κ1) is 18.8. The van der Waals surface area contributed by atoms with Crippen molar-refractivity contribution in [3.63, 3.8) is 0 Å². The highest BCUT2D eigenvalue weighted by Gasteiger charge is 2.19. The van der Waals surface area contributed by atoms with E-state index in [1.165, 1.54) is 5.56 Å². The van der Waals surface area contributed by atoms with Crippen LogP contribution in [0, 0.1) is 0 Å². The molecular weight excluding hydrogens is 392 g/mol. The Labute approximate surface area is 162 Å². The van der Waals surface area contributed by atoms with Crippen LogP contribution in [0.3, 0.4) is 0 Å². The van der Waals surface area contributed by atoms with Crippen molar-refractivity contribution in [3.8, 4) is 0 Å². The number of rotatable bonds is 7. The molecule has 0 fully saturated rings. The molecule has 0 aliphatic carbocycles. The van der Waals surface area contributed by atoms with Gasteiger partial charge < -0.3 is 9.67 Å². The van der Waals surface area contributed by atoms with Gasteiger partial charge in [-0.2, -0.15) is 0 Å². The fourth-order valence-corrected chi connectivity index (χ4v) is 3.59. The molecule has 4 nitrogen and oxygen atoms in total. The number of aryl methyl sites for hydroxylation is 2. The van der Waals surface area contributed by atoms with Crippen LogP contribution < -0.4 is 0 Å². The predicted octanol–water partition coefficient (Wildman–Crippen LogP) is 4.86. The molecule has 136 valence electrons. The number of halogens is 1. The number of hydrogen-bond donors (Lipinski definition) is 1. The molecule has 1 N–H and O–H groups in total. The smallest absolute Gasteiger partial charge is 0.166 e. The lowest BCUT2D eigenvalue weighted by Gasteiger charge is -2.17. The molecule has 0 aliphatic rings. The fourth-order valence-electron chi connectivity index (χ4n) is 3.11. The normalized spacial score (nSPS) is 11.8. The minimum atomic E-state index is -1.01. The number of aliphatic hydroxyl groups is 1. The summed E-state index contributed by atoms with van der Waals surface area (Å²) < 4.78 is 3.09. The Morgan fingerprint density at radius 2 is 1.96 bits per heavy atom. The number of nitrogens with zero attached hydrogens (tertiary/aromatic N) is 2. The highest BCUT2D eigenvalue weighted by Crippen LogP contribution is 2.24. The third-order valence-corrected chi connectivity index (χ3v) is 5.33. The summed E-state index contributed by atoms with van der Waals surface area (Å²) in [6, 6.07) is 13.8. The van der Waals surface area contributed by atoms with E-state index in [1.54, 1.807) is 13.8 Å². The van der Waals surface area contributed by atoms with E-state index in [4.69, 9.17) is 0 Å². The van der Waals surface area contributed by atoms with E-state index in [0.717, 1.165) is 47.6 Å². The summed E-state index contributed by atoms with van der Waals surface area (Å²) in [4.78, 5) is 16.1. The van der Waals surface area contributed by atoms with Gasteiger partial charge in [-0.3, -0.25) is 4.79 Å². The van der Waals surface area contributed by atoms with Crippen molar-refractivity contribution in [3.05, 3.63) is 63.9 Å². The zero-order valence-corrected chi connectivity index (χ0v) is 16.7. The molecule has 3 rings (SSSR count). The summed E-state index contributed by atoms with van der Waals surface area (Å²) in [5, 5.41) is 11.1. The van der Waals surface area contributed by atoms with Gasteiger partial charge in [-0.05, 0) is 62.9 Å². The minimum Gasteiger partial charge on any atom is -0.384 e. The lowest BCUT2D eigenvalue weighted by atomic mass is 10.0.